The first kappa shape index (κ1) is 20.3. The molecule has 0 saturated heterocycles. The van der Waals surface area contributed by atoms with Crippen molar-refractivity contribution in [2.24, 2.45) is 0 Å². The minimum absolute atomic E-state index is 0.0594. The van der Waals surface area contributed by atoms with Gasteiger partial charge in [-0.25, -0.2) is 9.59 Å². The molecule has 0 radical (unpaired) electrons. The summed E-state index contributed by atoms with van der Waals surface area (Å²) in [4.78, 5) is 36.1. The predicted molar refractivity (Wildman–Crippen MR) is 100 cm³/mol. The van der Waals surface area contributed by atoms with Crippen molar-refractivity contribution in [3.05, 3.63) is 64.7 Å². The monoisotopic (exact) mass is 390 g/mol. The van der Waals surface area contributed by atoms with Crippen LogP contribution in [0.4, 0.5) is 5.69 Å². The van der Waals surface area contributed by atoms with E-state index < -0.39 is 30.5 Å². The van der Waals surface area contributed by atoms with Gasteiger partial charge < -0.3 is 20.5 Å². The van der Waals surface area contributed by atoms with Crippen LogP contribution in [0, 0.1) is 0 Å². The Morgan fingerprint density at radius 3 is 2.48 bits per heavy atom. The van der Waals surface area contributed by atoms with Crippen LogP contribution in [-0.4, -0.2) is 37.6 Å². The Kier molecular flexibility index (Phi) is 7.19. The molecule has 0 heterocycles. The number of nitrogen functional groups attached to an aromatic ring is 1. The van der Waals surface area contributed by atoms with Gasteiger partial charge in [0.1, 0.15) is 6.04 Å². The Hall–Kier alpha value is -3.06. The van der Waals surface area contributed by atoms with Crippen molar-refractivity contribution in [3.63, 3.8) is 0 Å². The van der Waals surface area contributed by atoms with Gasteiger partial charge in [-0.3, -0.25) is 4.79 Å². The van der Waals surface area contributed by atoms with E-state index in [1.807, 2.05) is 30.3 Å². The van der Waals surface area contributed by atoms with Gasteiger partial charge in [0.05, 0.1) is 23.4 Å². The number of rotatable bonds is 7. The van der Waals surface area contributed by atoms with E-state index in [-0.39, 0.29) is 22.7 Å². The van der Waals surface area contributed by atoms with Crippen LogP contribution in [-0.2, 0) is 25.5 Å². The number of para-hydroxylation sites is 1. The molecule has 0 aromatic heterocycles. The van der Waals surface area contributed by atoms with Gasteiger partial charge in [-0.05, 0) is 17.7 Å². The zero-order valence-corrected chi connectivity index (χ0v) is 15.4. The Morgan fingerprint density at radius 2 is 1.81 bits per heavy atom. The van der Waals surface area contributed by atoms with Crippen LogP contribution in [0.5, 0.6) is 0 Å². The van der Waals surface area contributed by atoms with Gasteiger partial charge in [0.2, 0.25) is 0 Å². The van der Waals surface area contributed by atoms with E-state index in [9.17, 15) is 14.4 Å². The maximum Gasteiger partial charge on any atom is 0.340 e. The quantitative estimate of drug-likeness (QED) is 0.553. The summed E-state index contributed by atoms with van der Waals surface area (Å²) in [5.41, 5.74) is 6.69. The van der Waals surface area contributed by atoms with E-state index in [1.54, 1.807) is 6.07 Å². The molecule has 2 rings (SSSR count). The fourth-order valence-electron chi connectivity index (χ4n) is 2.35. The molecule has 0 aliphatic carbocycles. The highest BCUT2D eigenvalue weighted by atomic mass is 35.5. The third-order valence-electron chi connectivity index (χ3n) is 3.71. The van der Waals surface area contributed by atoms with Gasteiger partial charge in [0.25, 0.3) is 5.91 Å². The van der Waals surface area contributed by atoms with Crippen molar-refractivity contribution in [2.45, 2.75) is 12.5 Å². The summed E-state index contributed by atoms with van der Waals surface area (Å²) in [7, 11) is 1.23. The summed E-state index contributed by atoms with van der Waals surface area (Å²) < 4.78 is 9.67. The normalized spacial score (nSPS) is 11.3. The largest absolute Gasteiger partial charge is 0.467 e. The van der Waals surface area contributed by atoms with Crippen LogP contribution in [0.25, 0.3) is 0 Å². The third-order valence-corrected chi connectivity index (χ3v) is 4.04. The summed E-state index contributed by atoms with van der Waals surface area (Å²) in [6.07, 6.45) is 0.244. The summed E-state index contributed by atoms with van der Waals surface area (Å²) >= 11 is 5.85. The maximum atomic E-state index is 12.1. The molecule has 142 valence electrons. The van der Waals surface area contributed by atoms with Crippen molar-refractivity contribution >= 4 is 35.1 Å². The molecule has 27 heavy (non-hydrogen) atoms. The molecule has 1 unspecified atom stereocenters. The van der Waals surface area contributed by atoms with E-state index in [1.165, 1.54) is 19.2 Å². The Labute approximate surface area is 161 Å². The van der Waals surface area contributed by atoms with E-state index in [2.05, 4.69) is 5.32 Å². The molecule has 0 bridgehead atoms. The predicted octanol–water partition coefficient (Wildman–Crippen LogP) is 1.98. The first-order valence-electron chi connectivity index (χ1n) is 8.04. The summed E-state index contributed by atoms with van der Waals surface area (Å²) in [5.74, 6) is -2.03. The van der Waals surface area contributed by atoms with Crippen molar-refractivity contribution in [1.82, 2.24) is 5.32 Å². The van der Waals surface area contributed by atoms with Crippen molar-refractivity contribution in [1.29, 1.82) is 0 Å². The molecule has 8 heteroatoms. The van der Waals surface area contributed by atoms with E-state index in [0.29, 0.717) is 0 Å². The second-order valence-electron chi connectivity index (χ2n) is 5.61. The zero-order valence-electron chi connectivity index (χ0n) is 14.6. The smallest absolute Gasteiger partial charge is 0.340 e. The lowest BCUT2D eigenvalue weighted by Gasteiger charge is -2.16. The fourth-order valence-corrected chi connectivity index (χ4v) is 2.52. The van der Waals surface area contributed by atoms with Gasteiger partial charge in [-0.15, -0.1) is 0 Å². The molecule has 3 N–H and O–H groups in total. The maximum absolute atomic E-state index is 12.1. The first-order valence-corrected chi connectivity index (χ1v) is 8.42. The standard InChI is InChI=1S/C19H19ClN2O5/c1-26-19(25)15(10-12-6-3-2-4-7-12)22-16(23)11-27-18(24)13-8-5-9-14(20)17(13)21/h2-9,15H,10-11,21H2,1H3,(H,22,23). The molecule has 0 fully saturated rings. The number of hydrogen-bond acceptors (Lipinski definition) is 6. The molecule has 1 atom stereocenters. The highest BCUT2D eigenvalue weighted by molar-refractivity contribution is 6.33. The number of ether oxygens (including phenoxy) is 2. The van der Waals surface area contributed by atoms with Crippen LogP contribution in [0.1, 0.15) is 15.9 Å². The van der Waals surface area contributed by atoms with Crippen LogP contribution in [0.3, 0.4) is 0 Å². The Morgan fingerprint density at radius 1 is 1.11 bits per heavy atom. The van der Waals surface area contributed by atoms with Gasteiger partial charge in [0, 0.05) is 6.42 Å². The van der Waals surface area contributed by atoms with Crippen molar-refractivity contribution in [3.8, 4) is 0 Å². The topological polar surface area (TPSA) is 108 Å². The van der Waals surface area contributed by atoms with Crippen LogP contribution >= 0.6 is 11.6 Å². The second-order valence-corrected chi connectivity index (χ2v) is 6.02. The summed E-state index contributed by atoms with van der Waals surface area (Å²) in [6, 6.07) is 12.7. The molecule has 0 aliphatic rings. The number of benzene rings is 2. The molecule has 2 aromatic rings. The highest BCUT2D eigenvalue weighted by Gasteiger charge is 2.23. The Balaban J connectivity index is 1.96. The number of nitrogens with two attached hydrogens (primary N) is 1. The number of esters is 2. The SMILES string of the molecule is COC(=O)C(Cc1ccccc1)NC(=O)COC(=O)c1cccc(Cl)c1N. The number of hydrogen-bond donors (Lipinski definition) is 2. The fraction of sp³-hybridized carbons (Fsp3) is 0.211. The second kappa shape index (κ2) is 9.59. The zero-order chi connectivity index (χ0) is 19.8. The molecule has 0 spiro atoms. The van der Waals surface area contributed by atoms with Crippen LogP contribution in [0.2, 0.25) is 5.02 Å². The van der Waals surface area contributed by atoms with Gasteiger partial charge in [-0.1, -0.05) is 48.0 Å². The van der Waals surface area contributed by atoms with Crippen molar-refractivity contribution in [2.75, 3.05) is 19.5 Å². The highest BCUT2D eigenvalue weighted by Crippen LogP contribution is 2.22. The molecule has 7 nitrogen and oxygen atoms in total. The number of nitrogens with one attached hydrogen (secondary N) is 1. The summed E-state index contributed by atoms with van der Waals surface area (Å²) in [6.45, 7) is -0.576. The molecule has 0 aliphatic heterocycles. The van der Waals surface area contributed by atoms with E-state index in [4.69, 9.17) is 26.8 Å². The molecule has 0 saturated carbocycles. The lowest BCUT2D eigenvalue weighted by molar-refractivity contribution is -0.145. The molecular formula is C19H19ClN2O5. The lowest BCUT2D eigenvalue weighted by atomic mass is 10.1. The average Bonchev–Trinajstić information content (AvgIpc) is 2.68. The van der Waals surface area contributed by atoms with Crippen LogP contribution in [0.15, 0.2) is 48.5 Å². The first-order chi connectivity index (χ1) is 12.9. The number of carbonyl (C=O) groups excluding carboxylic acids is 3. The van der Waals surface area contributed by atoms with Gasteiger partial charge in [-0.2, -0.15) is 0 Å². The number of anilines is 1. The number of methoxy groups -OCH3 is 1. The van der Waals surface area contributed by atoms with E-state index in [0.717, 1.165) is 5.56 Å². The molecular weight excluding hydrogens is 372 g/mol. The van der Waals surface area contributed by atoms with Gasteiger partial charge in [0.15, 0.2) is 6.61 Å². The minimum Gasteiger partial charge on any atom is -0.467 e. The number of carbonyl (C=O) groups is 3. The molecule has 1 amide bonds. The number of halogens is 1. The molecule has 2 aromatic carbocycles. The van der Waals surface area contributed by atoms with Crippen LogP contribution < -0.4 is 11.1 Å². The number of amides is 1. The summed E-state index contributed by atoms with van der Waals surface area (Å²) in [5, 5.41) is 2.71. The minimum atomic E-state index is -0.903. The Bertz CT molecular complexity index is 826. The van der Waals surface area contributed by atoms with Crippen molar-refractivity contribution < 1.29 is 23.9 Å². The lowest BCUT2D eigenvalue weighted by Crippen LogP contribution is -2.44. The average molecular weight is 391 g/mol. The van der Waals surface area contributed by atoms with E-state index >= 15 is 0 Å². The third kappa shape index (κ3) is 5.72. The van der Waals surface area contributed by atoms with Gasteiger partial charge >= 0.3 is 11.9 Å².